The third-order valence-corrected chi connectivity index (χ3v) is 4.73. The van der Waals surface area contributed by atoms with Gasteiger partial charge in [-0.3, -0.25) is 10.1 Å². The van der Waals surface area contributed by atoms with Crippen LogP contribution in [-0.4, -0.2) is 12.0 Å². The van der Waals surface area contributed by atoms with E-state index in [4.69, 9.17) is 9.47 Å². The van der Waals surface area contributed by atoms with Crippen molar-refractivity contribution in [2.45, 2.75) is 13.2 Å². The molecule has 3 aromatic carbocycles. The molecular formula is C21H18BrFN2O4. The number of nitro benzene ring substituents is 1. The van der Waals surface area contributed by atoms with E-state index in [0.717, 1.165) is 11.1 Å². The quantitative estimate of drug-likeness (QED) is 0.344. The second-order valence-corrected chi connectivity index (χ2v) is 7.04. The predicted octanol–water partition coefficient (Wildman–Crippen LogP) is 5.70. The van der Waals surface area contributed by atoms with Gasteiger partial charge in [-0.25, -0.2) is 4.39 Å². The topological polar surface area (TPSA) is 73.6 Å². The fraction of sp³-hybridized carbons (Fsp3) is 0.143. The van der Waals surface area contributed by atoms with Crippen molar-refractivity contribution >= 4 is 27.3 Å². The molecule has 0 fully saturated rings. The average molecular weight is 461 g/mol. The van der Waals surface area contributed by atoms with Crippen LogP contribution in [0.3, 0.4) is 0 Å². The van der Waals surface area contributed by atoms with Crippen LogP contribution in [0.25, 0.3) is 0 Å². The van der Waals surface area contributed by atoms with Gasteiger partial charge in [-0.2, -0.15) is 0 Å². The van der Waals surface area contributed by atoms with Gasteiger partial charge in [-0.1, -0.05) is 18.2 Å². The molecule has 1 N–H and O–H groups in total. The smallest absolute Gasteiger partial charge is 0.271 e. The van der Waals surface area contributed by atoms with Crippen LogP contribution in [0.2, 0.25) is 0 Å². The van der Waals surface area contributed by atoms with Crippen molar-refractivity contribution in [1.82, 2.24) is 0 Å². The highest BCUT2D eigenvalue weighted by Crippen LogP contribution is 2.37. The number of nitrogens with zero attached hydrogens (tertiary/aromatic N) is 1. The largest absolute Gasteiger partial charge is 0.493 e. The van der Waals surface area contributed by atoms with E-state index in [2.05, 4.69) is 21.2 Å². The molecule has 0 saturated heterocycles. The molecule has 0 atom stereocenters. The standard InChI is InChI=1S/C21H18BrFN2O4/c1-28-20-10-15(12-24-17-3-2-4-18(11-17)25(26)27)9-19(22)21(20)29-13-14-5-7-16(23)8-6-14/h2-11,24H,12-13H2,1H3. The summed E-state index contributed by atoms with van der Waals surface area (Å²) < 4.78 is 25.0. The monoisotopic (exact) mass is 460 g/mol. The third-order valence-electron chi connectivity index (χ3n) is 4.14. The molecule has 150 valence electrons. The average Bonchev–Trinajstić information content (AvgIpc) is 2.72. The van der Waals surface area contributed by atoms with Gasteiger partial charge < -0.3 is 14.8 Å². The minimum absolute atomic E-state index is 0.0262. The van der Waals surface area contributed by atoms with Gasteiger partial charge in [0.25, 0.3) is 5.69 Å². The molecule has 0 aliphatic heterocycles. The molecule has 3 aromatic rings. The molecule has 6 nitrogen and oxygen atoms in total. The molecule has 3 rings (SSSR count). The first-order chi connectivity index (χ1) is 14.0. The van der Waals surface area contributed by atoms with E-state index in [0.29, 0.717) is 28.2 Å². The summed E-state index contributed by atoms with van der Waals surface area (Å²) in [5.74, 6) is 0.779. The zero-order valence-electron chi connectivity index (χ0n) is 15.5. The molecule has 0 radical (unpaired) electrons. The Morgan fingerprint density at radius 2 is 1.86 bits per heavy atom. The number of non-ortho nitro benzene ring substituents is 1. The number of rotatable bonds is 8. The van der Waals surface area contributed by atoms with Crippen LogP contribution >= 0.6 is 15.9 Å². The molecule has 0 aromatic heterocycles. The van der Waals surface area contributed by atoms with Crippen molar-refractivity contribution in [3.05, 3.63) is 92.2 Å². The van der Waals surface area contributed by atoms with Gasteiger partial charge in [0.2, 0.25) is 0 Å². The highest BCUT2D eigenvalue weighted by molar-refractivity contribution is 9.10. The predicted molar refractivity (Wildman–Crippen MR) is 112 cm³/mol. The number of benzene rings is 3. The molecule has 0 saturated carbocycles. The molecule has 0 bridgehead atoms. The maximum Gasteiger partial charge on any atom is 0.271 e. The van der Waals surface area contributed by atoms with Crippen molar-refractivity contribution < 1.29 is 18.8 Å². The van der Waals surface area contributed by atoms with Crippen LogP contribution in [-0.2, 0) is 13.2 Å². The maximum absolute atomic E-state index is 13.0. The Balaban J connectivity index is 1.71. The summed E-state index contributed by atoms with van der Waals surface area (Å²) in [5, 5.41) is 14.1. The Morgan fingerprint density at radius 3 is 2.55 bits per heavy atom. The van der Waals surface area contributed by atoms with Crippen molar-refractivity contribution in [3.8, 4) is 11.5 Å². The van der Waals surface area contributed by atoms with Crippen molar-refractivity contribution in [1.29, 1.82) is 0 Å². The molecule has 0 unspecified atom stereocenters. The van der Waals surface area contributed by atoms with E-state index in [9.17, 15) is 14.5 Å². The molecule has 8 heteroatoms. The van der Waals surface area contributed by atoms with Crippen molar-refractivity contribution in [2.24, 2.45) is 0 Å². The second-order valence-electron chi connectivity index (χ2n) is 6.19. The summed E-state index contributed by atoms with van der Waals surface area (Å²) in [7, 11) is 1.55. The lowest BCUT2D eigenvalue weighted by Gasteiger charge is -2.15. The molecule has 0 heterocycles. The van der Waals surface area contributed by atoms with E-state index >= 15 is 0 Å². The first-order valence-electron chi connectivity index (χ1n) is 8.68. The van der Waals surface area contributed by atoms with Crippen LogP contribution in [0.4, 0.5) is 15.8 Å². The SMILES string of the molecule is COc1cc(CNc2cccc([N+](=O)[O-])c2)cc(Br)c1OCc1ccc(F)cc1. The number of nitrogens with one attached hydrogen (secondary N) is 1. The van der Waals surface area contributed by atoms with Gasteiger partial charge >= 0.3 is 0 Å². The Labute approximate surface area is 175 Å². The second kappa shape index (κ2) is 9.38. The summed E-state index contributed by atoms with van der Waals surface area (Å²) in [4.78, 5) is 10.5. The fourth-order valence-corrected chi connectivity index (χ4v) is 3.29. The van der Waals surface area contributed by atoms with E-state index in [1.165, 1.54) is 24.3 Å². The van der Waals surface area contributed by atoms with Crippen molar-refractivity contribution in [2.75, 3.05) is 12.4 Å². The Bertz CT molecular complexity index is 1010. The van der Waals surface area contributed by atoms with E-state index in [-0.39, 0.29) is 18.1 Å². The molecule has 29 heavy (non-hydrogen) atoms. The molecule has 0 amide bonds. The number of hydrogen-bond donors (Lipinski definition) is 1. The number of methoxy groups -OCH3 is 1. The summed E-state index contributed by atoms with van der Waals surface area (Å²) in [5.41, 5.74) is 2.40. The summed E-state index contributed by atoms with van der Waals surface area (Å²) in [6.45, 7) is 0.703. The molecular weight excluding hydrogens is 443 g/mol. The molecule has 0 aliphatic rings. The summed E-state index contributed by atoms with van der Waals surface area (Å²) in [6, 6.07) is 16.1. The van der Waals surface area contributed by atoms with Gasteiger partial charge in [0, 0.05) is 24.4 Å². The number of halogens is 2. The highest BCUT2D eigenvalue weighted by atomic mass is 79.9. The highest BCUT2D eigenvalue weighted by Gasteiger charge is 2.13. The van der Waals surface area contributed by atoms with Gasteiger partial charge in [-0.05, 0) is 57.4 Å². The maximum atomic E-state index is 13.0. The van der Waals surface area contributed by atoms with Crippen molar-refractivity contribution in [3.63, 3.8) is 0 Å². The molecule has 0 spiro atoms. The number of nitro groups is 1. The number of hydrogen-bond acceptors (Lipinski definition) is 5. The minimum Gasteiger partial charge on any atom is -0.493 e. The summed E-state index contributed by atoms with van der Waals surface area (Å²) in [6.07, 6.45) is 0. The van der Waals surface area contributed by atoms with Gasteiger partial charge in [0.05, 0.1) is 16.5 Å². The normalized spacial score (nSPS) is 10.4. The Morgan fingerprint density at radius 1 is 1.10 bits per heavy atom. The molecule has 0 aliphatic carbocycles. The Hall–Kier alpha value is -3.13. The minimum atomic E-state index is -0.432. The third kappa shape index (κ3) is 5.45. The van der Waals surface area contributed by atoms with Crippen LogP contribution in [0, 0.1) is 15.9 Å². The Kier molecular flexibility index (Phi) is 6.66. The van der Waals surface area contributed by atoms with Gasteiger partial charge in [-0.15, -0.1) is 0 Å². The summed E-state index contributed by atoms with van der Waals surface area (Å²) >= 11 is 3.50. The number of anilines is 1. The fourth-order valence-electron chi connectivity index (χ4n) is 2.69. The number of ether oxygens (including phenoxy) is 2. The zero-order chi connectivity index (χ0) is 20.8. The van der Waals surface area contributed by atoms with Crippen LogP contribution < -0.4 is 14.8 Å². The van der Waals surface area contributed by atoms with E-state index in [1.54, 1.807) is 31.4 Å². The van der Waals surface area contributed by atoms with E-state index < -0.39 is 4.92 Å². The van der Waals surface area contributed by atoms with Gasteiger partial charge in [0.15, 0.2) is 11.5 Å². The van der Waals surface area contributed by atoms with Crippen LogP contribution in [0.5, 0.6) is 11.5 Å². The van der Waals surface area contributed by atoms with Crippen LogP contribution in [0.15, 0.2) is 65.1 Å². The first-order valence-corrected chi connectivity index (χ1v) is 9.47. The lowest BCUT2D eigenvalue weighted by molar-refractivity contribution is -0.384. The lowest BCUT2D eigenvalue weighted by Crippen LogP contribution is -2.03. The van der Waals surface area contributed by atoms with E-state index in [1.807, 2.05) is 12.1 Å². The lowest BCUT2D eigenvalue weighted by atomic mass is 10.2. The zero-order valence-corrected chi connectivity index (χ0v) is 17.1. The van der Waals surface area contributed by atoms with Crippen LogP contribution in [0.1, 0.15) is 11.1 Å². The first kappa shape index (κ1) is 20.6. The van der Waals surface area contributed by atoms with Gasteiger partial charge in [0.1, 0.15) is 12.4 Å².